The summed E-state index contributed by atoms with van der Waals surface area (Å²) in [4.78, 5) is 7.24. The van der Waals surface area contributed by atoms with Crippen molar-refractivity contribution in [3.8, 4) is 0 Å². The van der Waals surface area contributed by atoms with Gasteiger partial charge in [0.2, 0.25) is 0 Å². The van der Waals surface area contributed by atoms with Crippen LogP contribution in [-0.4, -0.2) is 53.0 Å². The Morgan fingerprint density at radius 3 is 2.26 bits per heavy atom. The smallest absolute Gasteiger partial charge is 0.299 e. The maximum Gasteiger partial charge on any atom is 0.322 e. The maximum atomic E-state index is 12.4. The molecule has 0 bridgehead atoms. The molecule has 4 rings (SSSR count). The predicted octanol–water partition coefficient (Wildman–Crippen LogP) is 3.32. The summed E-state index contributed by atoms with van der Waals surface area (Å²) in [5.41, 5.74) is 2.12. The lowest BCUT2D eigenvalue weighted by molar-refractivity contribution is 0.206. The summed E-state index contributed by atoms with van der Waals surface area (Å²) in [6.45, 7) is 2.31. The van der Waals surface area contributed by atoms with Crippen LogP contribution in [0.15, 0.2) is 64.1 Å². The molecule has 0 atom stereocenters. The molecule has 2 aliphatic heterocycles. The Hall–Kier alpha value is -2.11. The number of piperidine rings is 1. The quantitative estimate of drug-likeness (QED) is 0.567. The average molecular weight is 558 g/mol. The van der Waals surface area contributed by atoms with Crippen molar-refractivity contribution >= 4 is 49.1 Å². The van der Waals surface area contributed by atoms with Crippen molar-refractivity contribution in [2.24, 2.45) is 4.99 Å². The molecule has 2 heterocycles. The van der Waals surface area contributed by atoms with Gasteiger partial charge in [-0.2, -0.15) is 8.42 Å². The van der Waals surface area contributed by atoms with Crippen LogP contribution >= 0.6 is 23.2 Å². The van der Waals surface area contributed by atoms with Crippen LogP contribution < -0.4 is 9.44 Å². The number of halogens is 2. The summed E-state index contributed by atoms with van der Waals surface area (Å²) in [5, 5.41) is 0.931. The highest BCUT2D eigenvalue weighted by Crippen LogP contribution is 2.27. The average Bonchev–Trinajstić information content (AvgIpc) is 2.76. The van der Waals surface area contributed by atoms with Gasteiger partial charge in [0, 0.05) is 54.1 Å². The van der Waals surface area contributed by atoms with Gasteiger partial charge in [0.25, 0.3) is 0 Å². The van der Waals surface area contributed by atoms with E-state index in [1.807, 2.05) is 12.1 Å². The van der Waals surface area contributed by atoms with Crippen molar-refractivity contribution in [2.75, 3.05) is 19.3 Å². The fraction of sp³-hybridized carbons (Fsp3) is 0.348. The van der Waals surface area contributed by atoms with E-state index in [0.29, 0.717) is 32.7 Å². The lowest BCUT2D eigenvalue weighted by atomic mass is 10.0. The van der Waals surface area contributed by atoms with Gasteiger partial charge in [-0.3, -0.25) is 19.3 Å². The molecule has 2 N–H and O–H groups in total. The van der Waals surface area contributed by atoms with Gasteiger partial charge >= 0.3 is 10.2 Å². The van der Waals surface area contributed by atoms with Gasteiger partial charge < -0.3 is 0 Å². The molecule has 35 heavy (non-hydrogen) atoms. The Morgan fingerprint density at radius 2 is 1.66 bits per heavy atom. The zero-order valence-electron chi connectivity index (χ0n) is 19.0. The molecular formula is C23H26Cl2N4O4S2. The standard InChI is InChI=1S/C23H26Cl2N4O4S2/c1-34(30,31)19-7-5-16(6-8-19)15-29-11-9-17(10-12-29)26-23-14-18(27-35(32,33)28-23)13-20-21(24)3-2-4-22(20)25/h2-8,14,17,27H,9-13,15H2,1H3,(H,26,28). The van der Waals surface area contributed by atoms with Crippen LogP contribution in [0, 0.1) is 0 Å². The molecule has 0 saturated carbocycles. The zero-order chi connectivity index (χ0) is 25.2. The largest absolute Gasteiger partial charge is 0.322 e. The van der Waals surface area contributed by atoms with E-state index in [-0.39, 0.29) is 18.3 Å². The van der Waals surface area contributed by atoms with Crippen LogP contribution in [0.5, 0.6) is 0 Å². The third kappa shape index (κ3) is 6.98. The van der Waals surface area contributed by atoms with Crippen LogP contribution in [0.1, 0.15) is 24.0 Å². The minimum Gasteiger partial charge on any atom is -0.299 e. The molecule has 188 valence electrons. The summed E-state index contributed by atoms with van der Waals surface area (Å²) in [7, 11) is -6.99. The molecule has 0 radical (unpaired) electrons. The molecule has 1 fully saturated rings. The number of aliphatic imine (C=N–C) groups is 1. The first-order valence-corrected chi connectivity index (χ1v) is 15.1. The molecular weight excluding hydrogens is 531 g/mol. The SMILES string of the molecule is CS(=O)(=O)c1ccc(CN2CCC(N=C3C=C(Cc4c(Cl)cccc4Cl)NS(=O)(=O)N3)CC2)cc1. The number of amidine groups is 1. The molecule has 2 aromatic carbocycles. The van der Waals surface area contributed by atoms with E-state index in [4.69, 9.17) is 23.2 Å². The van der Waals surface area contributed by atoms with E-state index < -0.39 is 20.0 Å². The van der Waals surface area contributed by atoms with Crippen LogP contribution in [0.2, 0.25) is 10.0 Å². The molecule has 1 saturated heterocycles. The monoisotopic (exact) mass is 556 g/mol. The molecule has 0 aliphatic carbocycles. The highest BCUT2D eigenvalue weighted by Gasteiger charge is 2.24. The maximum absolute atomic E-state index is 12.4. The van der Waals surface area contributed by atoms with Gasteiger partial charge in [0.05, 0.1) is 10.9 Å². The fourth-order valence-electron chi connectivity index (χ4n) is 4.11. The molecule has 0 spiro atoms. The molecule has 0 amide bonds. The van der Waals surface area contributed by atoms with Gasteiger partial charge in [-0.15, -0.1) is 0 Å². The van der Waals surface area contributed by atoms with Gasteiger partial charge in [-0.1, -0.05) is 41.4 Å². The van der Waals surface area contributed by atoms with E-state index in [0.717, 1.165) is 31.5 Å². The Labute approximate surface area is 216 Å². The molecule has 8 nitrogen and oxygen atoms in total. The van der Waals surface area contributed by atoms with E-state index in [9.17, 15) is 16.8 Å². The first-order chi connectivity index (χ1) is 16.5. The van der Waals surface area contributed by atoms with E-state index >= 15 is 0 Å². The molecule has 12 heteroatoms. The van der Waals surface area contributed by atoms with E-state index in [1.54, 1.807) is 36.4 Å². The molecule has 2 aromatic rings. The van der Waals surface area contributed by atoms with Crippen LogP contribution in [0.4, 0.5) is 0 Å². The van der Waals surface area contributed by atoms with Crippen LogP contribution in [0.25, 0.3) is 0 Å². The topological polar surface area (TPSA) is 108 Å². The number of sulfone groups is 1. The van der Waals surface area contributed by atoms with Gasteiger partial charge in [0.15, 0.2) is 9.84 Å². The summed E-state index contributed by atoms with van der Waals surface area (Å²) >= 11 is 12.5. The second kappa shape index (κ2) is 10.5. The van der Waals surface area contributed by atoms with Crippen molar-refractivity contribution in [3.63, 3.8) is 0 Å². The van der Waals surface area contributed by atoms with E-state index in [2.05, 4.69) is 19.3 Å². The van der Waals surface area contributed by atoms with Crippen LogP contribution in [-0.2, 0) is 33.0 Å². The third-order valence-corrected chi connectivity index (χ3v) is 8.73. The summed E-state index contributed by atoms with van der Waals surface area (Å²) in [5.74, 6) is 0.289. The first kappa shape index (κ1) is 26.0. The Balaban J connectivity index is 1.40. The fourth-order valence-corrected chi connectivity index (χ4v) is 6.18. The van der Waals surface area contributed by atoms with E-state index in [1.165, 1.54) is 6.26 Å². The van der Waals surface area contributed by atoms with Crippen molar-refractivity contribution in [1.82, 2.24) is 14.3 Å². The second-order valence-electron chi connectivity index (χ2n) is 8.69. The lowest BCUT2D eigenvalue weighted by Crippen LogP contribution is -2.45. The minimum atomic E-state index is -3.78. The number of likely N-dealkylation sites (tertiary alicyclic amines) is 1. The first-order valence-electron chi connectivity index (χ1n) is 11.0. The molecule has 2 aliphatic rings. The van der Waals surface area contributed by atoms with Crippen molar-refractivity contribution < 1.29 is 16.8 Å². The zero-order valence-corrected chi connectivity index (χ0v) is 22.2. The molecule has 0 unspecified atom stereocenters. The van der Waals surface area contributed by atoms with Crippen LogP contribution in [0.3, 0.4) is 0 Å². The summed E-state index contributed by atoms with van der Waals surface area (Å²) < 4.78 is 52.9. The van der Waals surface area contributed by atoms with Crippen molar-refractivity contribution in [2.45, 2.75) is 36.7 Å². The number of nitrogens with zero attached hydrogens (tertiary/aromatic N) is 2. The summed E-state index contributed by atoms with van der Waals surface area (Å²) in [6.07, 6.45) is 4.66. The normalized spacial score (nSPS) is 20.2. The Kier molecular flexibility index (Phi) is 7.77. The number of allylic oxidation sites excluding steroid dienone is 1. The third-order valence-electron chi connectivity index (χ3n) is 5.88. The van der Waals surface area contributed by atoms with Gasteiger partial charge in [-0.05, 0) is 48.2 Å². The number of benzene rings is 2. The number of nitrogens with one attached hydrogen (secondary N) is 2. The highest BCUT2D eigenvalue weighted by atomic mass is 35.5. The van der Waals surface area contributed by atoms with Gasteiger partial charge in [0.1, 0.15) is 5.84 Å². The summed E-state index contributed by atoms with van der Waals surface area (Å²) in [6, 6.07) is 12.1. The second-order valence-corrected chi connectivity index (χ2v) is 12.9. The Morgan fingerprint density at radius 1 is 1.03 bits per heavy atom. The highest BCUT2D eigenvalue weighted by molar-refractivity contribution is 7.90. The predicted molar refractivity (Wildman–Crippen MR) is 139 cm³/mol. The minimum absolute atomic E-state index is 0.0175. The van der Waals surface area contributed by atoms with Crippen molar-refractivity contribution in [3.05, 3.63) is 75.4 Å². The Bertz CT molecular complexity index is 1350. The number of hydrogen-bond donors (Lipinski definition) is 2. The van der Waals surface area contributed by atoms with Gasteiger partial charge in [-0.25, -0.2) is 8.42 Å². The molecule has 0 aromatic heterocycles. The number of rotatable bonds is 6. The number of hydrogen-bond acceptors (Lipinski definition) is 6. The lowest BCUT2D eigenvalue weighted by Gasteiger charge is -2.31. The van der Waals surface area contributed by atoms with Crippen molar-refractivity contribution in [1.29, 1.82) is 0 Å².